The number of carboxylic acid groups (broad SMARTS) is 1. The fourth-order valence-electron chi connectivity index (χ4n) is 3.77. The average Bonchev–Trinajstić information content (AvgIpc) is 3.48. The van der Waals surface area contributed by atoms with Crippen LogP contribution in [0.5, 0.6) is 5.75 Å². The number of halogens is 1. The number of nitrogens with one attached hydrogen (secondary N) is 1. The summed E-state index contributed by atoms with van der Waals surface area (Å²) >= 11 is 6.45. The standard InChI is InChI=1S/C24H20ClN5O4/c25-18-11-15(4-6-20(18)33-13-16-3-1-2-9-26-16)29-23-22-19(27-14-28-23)8-10-30(22)12-17-5-7-21(34-17)24(31)32/h1-7,9,11,14H,8,10,12-13H2,(H,31,32)(H,27,28,29). The van der Waals surface area contributed by atoms with Crippen molar-refractivity contribution in [2.75, 3.05) is 16.8 Å². The SMILES string of the molecule is O=C(O)c1ccc(CN2CCc3ncnc(Nc4ccc(OCc5ccccn5)c(Cl)c4)c32)o1. The maximum absolute atomic E-state index is 11.1. The zero-order valence-corrected chi connectivity index (χ0v) is 18.7. The van der Waals surface area contributed by atoms with E-state index < -0.39 is 5.97 Å². The van der Waals surface area contributed by atoms with E-state index in [2.05, 4.69) is 25.2 Å². The molecule has 9 nitrogen and oxygen atoms in total. The topological polar surface area (TPSA) is 114 Å². The van der Waals surface area contributed by atoms with Gasteiger partial charge in [-0.2, -0.15) is 0 Å². The Balaban J connectivity index is 1.32. The van der Waals surface area contributed by atoms with Gasteiger partial charge in [0, 0.05) is 24.8 Å². The molecule has 3 aromatic heterocycles. The van der Waals surface area contributed by atoms with Gasteiger partial charge in [-0.25, -0.2) is 14.8 Å². The molecule has 4 heterocycles. The maximum Gasteiger partial charge on any atom is 0.371 e. The van der Waals surface area contributed by atoms with Crippen LogP contribution in [0.25, 0.3) is 0 Å². The van der Waals surface area contributed by atoms with Crippen LogP contribution in [0, 0.1) is 0 Å². The van der Waals surface area contributed by atoms with Crippen LogP contribution in [0.3, 0.4) is 0 Å². The molecule has 0 saturated carbocycles. The Morgan fingerprint density at radius 1 is 1.18 bits per heavy atom. The first-order chi connectivity index (χ1) is 16.6. The van der Waals surface area contributed by atoms with Crippen LogP contribution >= 0.6 is 11.6 Å². The van der Waals surface area contributed by atoms with Crippen LogP contribution in [-0.2, 0) is 19.6 Å². The van der Waals surface area contributed by atoms with Crippen molar-refractivity contribution in [2.24, 2.45) is 0 Å². The summed E-state index contributed by atoms with van der Waals surface area (Å²) in [5.41, 5.74) is 3.31. The predicted octanol–water partition coefficient (Wildman–Crippen LogP) is 4.70. The van der Waals surface area contributed by atoms with Crippen molar-refractivity contribution in [1.82, 2.24) is 15.0 Å². The fourth-order valence-corrected chi connectivity index (χ4v) is 4.00. The van der Waals surface area contributed by atoms with Gasteiger partial charge in [0.1, 0.15) is 30.1 Å². The number of aromatic nitrogens is 3. The number of rotatable bonds is 8. The summed E-state index contributed by atoms with van der Waals surface area (Å²) in [6, 6.07) is 14.2. The molecule has 1 aliphatic rings. The van der Waals surface area contributed by atoms with Gasteiger partial charge in [0.25, 0.3) is 0 Å². The molecule has 0 bridgehead atoms. The molecule has 2 N–H and O–H groups in total. The normalized spacial score (nSPS) is 12.4. The minimum absolute atomic E-state index is 0.0860. The molecule has 0 unspecified atom stereocenters. The molecule has 172 valence electrons. The van der Waals surface area contributed by atoms with Gasteiger partial charge in [-0.3, -0.25) is 4.98 Å². The van der Waals surface area contributed by atoms with Crippen molar-refractivity contribution >= 4 is 34.8 Å². The Labute approximate surface area is 200 Å². The minimum Gasteiger partial charge on any atom is -0.486 e. The van der Waals surface area contributed by atoms with Crippen LogP contribution in [0.1, 0.15) is 27.7 Å². The summed E-state index contributed by atoms with van der Waals surface area (Å²) in [5, 5.41) is 12.9. The smallest absolute Gasteiger partial charge is 0.371 e. The number of aromatic carboxylic acids is 1. The second-order valence-corrected chi connectivity index (χ2v) is 8.05. The number of anilines is 3. The lowest BCUT2D eigenvalue weighted by molar-refractivity contribution is 0.0660. The number of furan rings is 1. The lowest BCUT2D eigenvalue weighted by Gasteiger charge is -2.20. The highest BCUT2D eigenvalue weighted by atomic mass is 35.5. The summed E-state index contributed by atoms with van der Waals surface area (Å²) in [6.45, 7) is 1.44. The van der Waals surface area contributed by atoms with Gasteiger partial charge in [-0.1, -0.05) is 17.7 Å². The summed E-state index contributed by atoms with van der Waals surface area (Å²) in [5.74, 6) is 0.558. The third kappa shape index (κ3) is 4.65. The number of hydrogen-bond acceptors (Lipinski definition) is 8. The van der Waals surface area contributed by atoms with E-state index in [1.165, 1.54) is 12.4 Å². The van der Waals surface area contributed by atoms with Crippen molar-refractivity contribution in [3.63, 3.8) is 0 Å². The van der Waals surface area contributed by atoms with Crippen LogP contribution in [0.2, 0.25) is 5.02 Å². The molecule has 0 spiro atoms. The Morgan fingerprint density at radius 3 is 2.85 bits per heavy atom. The van der Waals surface area contributed by atoms with Gasteiger partial charge < -0.3 is 24.5 Å². The van der Waals surface area contributed by atoms with E-state index in [9.17, 15) is 4.79 Å². The summed E-state index contributed by atoms with van der Waals surface area (Å²) in [7, 11) is 0. The van der Waals surface area contributed by atoms with E-state index >= 15 is 0 Å². The Kier molecular flexibility index (Phi) is 6.01. The first-order valence-electron chi connectivity index (χ1n) is 10.6. The van der Waals surface area contributed by atoms with Gasteiger partial charge in [0.05, 0.1) is 23.0 Å². The number of hydrogen-bond donors (Lipinski definition) is 2. The van der Waals surface area contributed by atoms with Crippen LogP contribution < -0.4 is 15.0 Å². The molecule has 4 aromatic rings. The predicted molar refractivity (Wildman–Crippen MR) is 126 cm³/mol. The zero-order chi connectivity index (χ0) is 23.5. The fraction of sp³-hybridized carbons (Fsp3) is 0.167. The van der Waals surface area contributed by atoms with Gasteiger partial charge >= 0.3 is 5.97 Å². The molecular weight excluding hydrogens is 458 g/mol. The molecule has 0 aliphatic carbocycles. The number of pyridine rings is 1. The van der Waals surface area contributed by atoms with E-state index in [1.54, 1.807) is 24.4 Å². The third-order valence-electron chi connectivity index (χ3n) is 5.35. The summed E-state index contributed by atoms with van der Waals surface area (Å²) < 4.78 is 11.2. The van der Waals surface area contributed by atoms with Crippen LogP contribution in [0.15, 0.2) is 65.5 Å². The largest absolute Gasteiger partial charge is 0.486 e. The third-order valence-corrected chi connectivity index (χ3v) is 5.64. The number of carboxylic acids is 1. The van der Waals surface area contributed by atoms with Crippen molar-refractivity contribution in [1.29, 1.82) is 0 Å². The quantitative estimate of drug-likeness (QED) is 0.372. The minimum atomic E-state index is -1.09. The molecule has 1 aliphatic heterocycles. The Morgan fingerprint density at radius 2 is 2.09 bits per heavy atom. The molecular formula is C24H20ClN5O4. The number of carbonyl (C=O) groups is 1. The zero-order valence-electron chi connectivity index (χ0n) is 17.9. The maximum atomic E-state index is 11.1. The molecule has 0 saturated heterocycles. The van der Waals surface area contributed by atoms with E-state index in [0.717, 1.165) is 29.2 Å². The highest BCUT2D eigenvalue weighted by Crippen LogP contribution is 2.36. The lowest BCUT2D eigenvalue weighted by atomic mass is 10.2. The van der Waals surface area contributed by atoms with Gasteiger partial charge in [-0.15, -0.1) is 0 Å². The lowest BCUT2D eigenvalue weighted by Crippen LogP contribution is -2.20. The van der Waals surface area contributed by atoms with E-state index in [-0.39, 0.29) is 5.76 Å². The van der Waals surface area contributed by atoms with Gasteiger partial charge in [0.2, 0.25) is 5.76 Å². The summed E-state index contributed by atoms with van der Waals surface area (Å²) in [6.07, 6.45) is 3.99. The number of fused-ring (bicyclic) bond motifs is 1. The van der Waals surface area contributed by atoms with E-state index in [0.29, 0.717) is 42.0 Å². The van der Waals surface area contributed by atoms with Crippen molar-refractivity contribution < 1.29 is 19.1 Å². The molecule has 0 fully saturated rings. The van der Waals surface area contributed by atoms with E-state index in [4.69, 9.17) is 25.9 Å². The second kappa shape index (κ2) is 9.40. The molecule has 10 heteroatoms. The number of ether oxygens (including phenoxy) is 1. The Hall–Kier alpha value is -4.11. The van der Waals surface area contributed by atoms with Crippen molar-refractivity contribution in [3.05, 3.63) is 89.0 Å². The molecule has 34 heavy (non-hydrogen) atoms. The molecule has 1 aromatic carbocycles. The number of nitrogens with zero attached hydrogens (tertiary/aromatic N) is 4. The monoisotopic (exact) mass is 477 g/mol. The summed E-state index contributed by atoms with van der Waals surface area (Å²) in [4.78, 5) is 26.2. The van der Waals surface area contributed by atoms with Gasteiger partial charge in [0.15, 0.2) is 5.82 Å². The first kappa shape index (κ1) is 21.7. The van der Waals surface area contributed by atoms with E-state index in [1.807, 2.05) is 24.3 Å². The highest BCUT2D eigenvalue weighted by molar-refractivity contribution is 6.32. The van der Waals surface area contributed by atoms with Crippen LogP contribution in [0.4, 0.5) is 17.2 Å². The molecule has 0 radical (unpaired) electrons. The average molecular weight is 478 g/mol. The molecule has 0 atom stereocenters. The Bertz CT molecular complexity index is 1330. The number of benzene rings is 1. The molecule has 5 rings (SSSR count). The highest BCUT2D eigenvalue weighted by Gasteiger charge is 2.26. The first-order valence-corrected chi connectivity index (χ1v) is 10.9. The molecule has 0 amide bonds. The van der Waals surface area contributed by atoms with Crippen LogP contribution in [-0.4, -0.2) is 32.6 Å². The van der Waals surface area contributed by atoms with Crippen molar-refractivity contribution in [2.45, 2.75) is 19.6 Å². The van der Waals surface area contributed by atoms with Crippen molar-refractivity contribution in [3.8, 4) is 5.75 Å². The second-order valence-electron chi connectivity index (χ2n) is 7.64. The van der Waals surface area contributed by atoms with Gasteiger partial charge in [-0.05, 0) is 42.5 Å².